The molecule has 1 fully saturated rings. The van der Waals surface area contributed by atoms with E-state index in [1.165, 1.54) is 0 Å². The zero-order chi connectivity index (χ0) is 16.4. The van der Waals surface area contributed by atoms with Crippen molar-refractivity contribution in [1.29, 1.82) is 0 Å². The van der Waals surface area contributed by atoms with E-state index >= 15 is 0 Å². The van der Waals surface area contributed by atoms with Gasteiger partial charge in [0.25, 0.3) is 0 Å². The van der Waals surface area contributed by atoms with Gasteiger partial charge in [-0.15, -0.1) is 0 Å². The number of rotatable bonds is 4. The summed E-state index contributed by atoms with van der Waals surface area (Å²) in [6, 6.07) is 14.9. The summed E-state index contributed by atoms with van der Waals surface area (Å²) in [5.74, 6) is -0.696. The van der Waals surface area contributed by atoms with Gasteiger partial charge in [0.2, 0.25) is 11.8 Å². The van der Waals surface area contributed by atoms with Crippen molar-refractivity contribution < 1.29 is 9.59 Å². The quantitative estimate of drug-likeness (QED) is 0.852. The predicted molar refractivity (Wildman–Crippen MR) is 94.2 cm³/mol. The maximum Gasteiger partial charge on any atom is 0.228 e. The zero-order valence-electron chi connectivity index (χ0n) is 12.7. The number of amides is 2. The Morgan fingerprint density at radius 2 is 1.57 bits per heavy atom. The molecule has 2 N–H and O–H groups in total. The SMILES string of the molecule is Cc1ccc(NC(=O)C2CC2C(=O)Nc2ccccc2)cc1Br. The number of carbonyl (C=O) groups excluding carboxylic acids is 2. The Balaban J connectivity index is 1.56. The number of anilines is 2. The molecule has 2 aromatic rings. The van der Waals surface area contributed by atoms with Crippen LogP contribution in [0.1, 0.15) is 12.0 Å². The molecule has 0 heterocycles. The first kappa shape index (κ1) is 15.7. The largest absolute Gasteiger partial charge is 0.326 e. The summed E-state index contributed by atoms with van der Waals surface area (Å²) in [5.41, 5.74) is 2.60. The van der Waals surface area contributed by atoms with Gasteiger partial charge in [-0.25, -0.2) is 0 Å². The second-order valence-corrected chi connectivity index (χ2v) is 6.61. The van der Waals surface area contributed by atoms with E-state index in [1.54, 1.807) is 0 Å². The molecule has 2 atom stereocenters. The van der Waals surface area contributed by atoms with Crippen molar-refractivity contribution >= 4 is 39.1 Å². The normalized spacial score (nSPS) is 19.0. The molecule has 0 spiro atoms. The van der Waals surface area contributed by atoms with Crippen LogP contribution in [0.2, 0.25) is 0 Å². The molecule has 5 heteroatoms. The monoisotopic (exact) mass is 372 g/mol. The van der Waals surface area contributed by atoms with E-state index in [0.29, 0.717) is 6.42 Å². The molecule has 0 aliphatic heterocycles. The minimum atomic E-state index is -0.251. The highest BCUT2D eigenvalue weighted by Crippen LogP contribution is 2.40. The molecule has 2 aromatic carbocycles. The molecule has 0 saturated heterocycles. The van der Waals surface area contributed by atoms with Crippen molar-refractivity contribution in [2.24, 2.45) is 11.8 Å². The van der Waals surface area contributed by atoms with Crippen molar-refractivity contribution in [3.8, 4) is 0 Å². The van der Waals surface area contributed by atoms with E-state index in [0.717, 1.165) is 21.4 Å². The fourth-order valence-corrected chi connectivity index (χ4v) is 2.82. The molecule has 2 unspecified atom stereocenters. The Labute approximate surface area is 143 Å². The third kappa shape index (κ3) is 3.79. The highest BCUT2D eigenvalue weighted by Gasteiger charge is 2.48. The Hall–Kier alpha value is -2.14. The van der Waals surface area contributed by atoms with Crippen molar-refractivity contribution in [2.75, 3.05) is 10.6 Å². The van der Waals surface area contributed by atoms with Crippen LogP contribution in [0.25, 0.3) is 0 Å². The van der Waals surface area contributed by atoms with Gasteiger partial charge >= 0.3 is 0 Å². The fourth-order valence-electron chi connectivity index (χ4n) is 2.44. The Morgan fingerprint density at radius 3 is 2.17 bits per heavy atom. The highest BCUT2D eigenvalue weighted by atomic mass is 79.9. The number of nitrogens with one attached hydrogen (secondary N) is 2. The number of para-hydroxylation sites is 1. The van der Waals surface area contributed by atoms with Gasteiger partial charge in [0.15, 0.2) is 0 Å². The van der Waals surface area contributed by atoms with E-state index in [9.17, 15) is 9.59 Å². The highest BCUT2D eigenvalue weighted by molar-refractivity contribution is 9.10. The van der Waals surface area contributed by atoms with E-state index in [4.69, 9.17) is 0 Å². The molecule has 1 saturated carbocycles. The molecule has 3 rings (SSSR count). The maximum absolute atomic E-state index is 12.2. The fraction of sp³-hybridized carbons (Fsp3) is 0.222. The molecule has 1 aliphatic rings. The number of aryl methyl sites for hydroxylation is 1. The van der Waals surface area contributed by atoms with Crippen molar-refractivity contribution in [1.82, 2.24) is 0 Å². The Bertz CT molecular complexity index is 746. The van der Waals surface area contributed by atoms with Gasteiger partial charge in [-0.1, -0.05) is 40.2 Å². The molecular weight excluding hydrogens is 356 g/mol. The van der Waals surface area contributed by atoms with Crippen LogP contribution in [-0.2, 0) is 9.59 Å². The number of hydrogen-bond donors (Lipinski definition) is 2. The summed E-state index contributed by atoms with van der Waals surface area (Å²) in [7, 11) is 0. The maximum atomic E-state index is 12.2. The first-order valence-corrected chi connectivity index (χ1v) is 8.27. The number of hydrogen-bond acceptors (Lipinski definition) is 2. The van der Waals surface area contributed by atoms with Gasteiger partial charge < -0.3 is 10.6 Å². The molecular formula is C18H17BrN2O2. The van der Waals surface area contributed by atoms with Crippen LogP contribution < -0.4 is 10.6 Å². The van der Waals surface area contributed by atoms with E-state index in [2.05, 4.69) is 26.6 Å². The lowest BCUT2D eigenvalue weighted by molar-refractivity contribution is -0.122. The standard InChI is InChI=1S/C18H17BrN2O2/c1-11-7-8-13(9-16(11)19)21-18(23)15-10-14(15)17(22)20-12-5-3-2-4-6-12/h2-9,14-15H,10H2,1H3,(H,20,22)(H,21,23). The van der Waals surface area contributed by atoms with Crippen LogP contribution in [0.5, 0.6) is 0 Å². The molecule has 1 aliphatic carbocycles. The molecule has 0 radical (unpaired) electrons. The summed E-state index contributed by atoms with van der Waals surface area (Å²) in [6.07, 6.45) is 0.595. The third-order valence-corrected chi connectivity index (χ3v) is 4.80. The average molecular weight is 373 g/mol. The average Bonchev–Trinajstić information content (AvgIpc) is 3.33. The minimum absolute atomic E-state index is 0.0959. The van der Waals surface area contributed by atoms with Gasteiger partial charge in [-0.05, 0) is 43.2 Å². The van der Waals surface area contributed by atoms with Crippen LogP contribution in [-0.4, -0.2) is 11.8 Å². The van der Waals surface area contributed by atoms with Gasteiger partial charge in [-0.2, -0.15) is 0 Å². The number of carbonyl (C=O) groups is 2. The molecule has 0 bridgehead atoms. The van der Waals surface area contributed by atoms with Crippen LogP contribution >= 0.6 is 15.9 Å². The summed E-state index contributed by atoms with van der Waals surface area (Å²) < 4.78 is 0.949. The topological polar surface area (TPSA) is 58.2 Å². The Kier molecular flexibility index (Phi) is 4.48. The summed E-state index contributed by atoms with van der Waals surface area (Å²) in [6.45, 7) is 1.99. The Morgan fingerprint density at radius 1 is 0.957 bits per heavy atom. The van der Waals surface area contributed by atoms with Gasteiger partial charge in [0.1, 0.15) is 0 Å². The lowest BCUT2D eigenvalue weighted by Crippen LogP contribution is -2.20. The number of benzene rings is 2. The second-order valence-electron chi connectivity index (χ2n) is 5.76. The van der Waals surface area contributed by atoms with Crippen LogP contribution in [0, 0.1) is 18.8 Å². The van der Waals surface area contributed by atoms with Crippen molar-refractivity contribution in [3.05, 3.63) is 58.6 Å². The van der Waals surface area contributed by atoms with Crippen molar-refractivity contribution in [2.45, 2.75) is 13.3 Å². The van der Waals surface area contributed by atoms with Gasteiger partial charge in [0, 0.05) is 15.8 Å². The van der Waals surface area contributed by atoms with Crippen LogP contribution in [0.4, 0.5) is 11.4 Å². The molecule has 118 valence electrons. The van der Waals surface area contributed by atoms with Gasteiger partial charge in [-0.3, -0.25) is 9.59 Å². The second kappa shape index (κ2) is 6.54. The molecule has 2 amide bonds. The predicted octanol–water partition coefficient (Wildman–Crippen LogP) is 3.97. The summed E-state index contributed by atoms with van der Waals surface area (Å²) >= 11 is 3.45. The summed E-state index contributed by atoms with van der Waals surface area (Å²) in [4.78, 5) is 24.4. The number of halogens is 1. The van der Waals surface area contributed by atoms with E-state index in [1.807, 2.05) is 55.5 Å². The zero-order valence-corrected chi connectivity index (χ0v) is 14.3. The lowest BCUT2D eigenvalue weighted by Gasteiger charge is -2.07. The summed E-state index contributed by atoms with van der Waals surface area (Å²) in [5, 5.41) is 5.71. The smallest absolute Gasteiger partial charge is 0.228 e. The lowest BCUT2D eigenvalue weighted by atomic mass is 10.2. The van der Waals surface area contributed by atoms with E-state index < -0.39 is 0 Å². The molecule has 4 nitrogen and oxygen atoms in total. The van der Waals surface area contributed by atoms with Gasteiger partial charge in [0.05, 0.1) is 11.8 Å². The first-order chi connectivity index (χ1) is 11.0. The molecule has 0 aromatic heterocycles. The first-order valence-electron chi connectivity index (χ1n) is 7.47. The van der Waals surface area contributed by atoms with E-state index in [-0.39, 0.29) is 23.7 Å². The van der Waals surface area contributed by atoms with Crippen LogP contribution in [0.15, 0.2) is 53.0 Å². The third-order valence-electron chi connectivity index (χ3n) is 3.94. The minimum Gasteiger partial charge on any atom is -0.326 e. The van der Waals surface area contributed by atoms with Crippen LogP contribution in [0.3, 0.4) is 0 Å². The molecule has 23 heavy (non-hydrogen) atoms. The van der Waals surface area contributed by atoms with Crippen molar-refractivity contribution in [3.63, 3.8) is 0 Å².